The lowest BCUT2D eigenvalue weighted by Gasteiger charge is -2.14. The molecule has 13 heavy (non-hydrogen) atoms. The van der Waals surface area contributed by atoms with Gasteiger partial charge in [0.1, 0.15) is 0 Å². The molecule has 0 amide bonds. The third-order valence-corrected chi connectivity index (χ3v) is 2.00. The van der Waals surface area contributed by atoms with Crippen molar-refractivity contribution in [2.24, 2.45) is 5.73 Å². The van der Waals surface area contributed by atoms with E-state index in [4.69, 9.17) is 20.3 Å². The van der Waals surface area contributed by atoms with Gasteiger partial charge in [-0.25, -0.2) is 4.79 Å². The fourth-order valence-electron chi connectivity index (χ4n) is 1.24. The number of carboxylic acid groups (broad SMARTS) is 1. The molecule has 1 aliphatic heterocycles. The van der Waals surface area contributed by atoms with Crippen LogP contribution in [0.5, 0.6) is 0 Å². The third kappa shape index (κ3) is 3.30. The number of rotatable bonds is 5. The van der Waals surface area contributed by atoms with Crippen molar-refractivity contribution < 1.29 is 19.4 Å². The number of hydrogen-bond acceptors (Lipinski definition) is 4. The summed E-state index contributed by atoms with van der Waals surface area (Å²) in [6.07, 6.45) is 1.11. The molecule has 1 saturated heterocycles. The molecule has 0 aromatic heterocycles. The first-order valence-corrected chi connectivity index (χ1v) is 4.40. The summed E-state index contributed by atoms with van der Waals surface area (Å²) in [7, 11) is 0. The zero-order valence-electron chi connectivity index (χ0n) is 7.44. The van der Waals surface area contributed by atoms with Crippen molar-refractivity contribution in [1.82, 2.24) is 0 Å². The first-order chi connectivity index (χ1) is 6.24. The Labute approximate surface area is 76.8 Å². The average Bonchev–Trinajstić information content (AvgIpc) is 2.57. The van der Waals surface area contributed by atoms with Gasteiger partial charge in [-0.2, -0.15) is 0 Å². The quantitative estimate of drug-likeness (QED) is 0.614. The second-order valence-corrected chi connectivity index (χ2v) is 3.03. The Hall–Kier alpha value is -0.650. The largest absolute Gasteiger partial charge is 0.479 e. The summed E-state index contributed by atoms with van der Waals surface area (Å²) in [4.78, 5) is 10.5. The Balaban J connectivity index is 2.18. The zero-order chi connectivity index (χ0) is 9.68. The highest BCUT2D eigenvalue weighted by molar-refractivity contribution is 5.72. The van der Waals surface area contributed by atoms with E-state index in [2.05, 4.69) is 0 Å². The second-order valence-electron chi connectivity index (χ2n) is 3.03. The topological polar surface area (TPSA) is 81.8 Å². The summed E-state index contributed by atoms with van der Waals surface area (Å²) in [5, 5.41) is 8.60. The van der Waals surface area contributed by atoms with Crippen molar-refractivity contribution in [3.63, 3.8) is 0 Å². The minimum absolute atomic E-state index is 0.00204. The molecule has 0 aliphatic carbocycles. The normalized spacial score (nSPS) is 24.5. The Morgan fingerprint density at radius 1 is 1.77 bits per heavy atom. The summed E-state index contributed by atoms with van der Waals surface area (Å²) in [5.74, 6) is -1.01. The number of carboxylic acids is 1. The highest BCUT2D eigenvalue weighted by atomic mass is 16.6. The minimum Gasteiger partial charge on any atom is -0.479 e. The smallest absolute Gasteiger partial charge is 0.334 e. The summed E-state index contributed by atoms with van der Waals surface area (Å²) in [5.41, 5.74) is 5.21. The lowest BCUT2D eigenvalue weighted by molar-refractivity contribution is -0.151. The molecule has 5 heteroatoms. The van der Waals surface area contributed by atoms with Crippen molar-refractivity contribution in [3.05, 3.63) is 0 Å². The van der Waals surface area contributed by atoms with Gasteiger partial charge in [0.05, 0.1) is 12.7 Å². The molecule has 76 valence electrons. The number of carbonyl (C=O) groups is 1. The van der Waals surface area contributed by atoms with E-state index in [-0.39, 0.29) is 12.6 Å². The summed E-state index contributed by atoms with van der Waals surface area (Å²) >= 11 is 0. The van der Waals surface area contributed by atoms with Gasteiger partial charge in [0, 0.05) is 13.2 Å². The van der Waals surface area contributed by atoms with Crippen LogP contribution in [0, 0.1) is 0 Å². The number of ether oxygens (including phenoxy) is 2. The fraction of sp³-hybridized carbons (Fsp3) is 0.875. The van der Waals surface area contributed by atoms with Crippen molar-refractivity contribution >= 4 is 5.97 Å². The highest BCUT2D eigenvalue weighted by Gasteiger charge is 2.21. The minimum atomic E-state index is -1.01. The molecule has 0 aromatic rings. The molecule has 0 spiro atoms. The van der Waals surface area contributed by atoms with E-state index in [0.29, 0.717) is 6.61 Å². The van der Waals surface area contributed by atoms with Crippen molar-refractivity contribution in [2.45, 2.75) is 25.0 Å². The van der Waals surface area contributed by atoms with E-state index >= 15 is 0 Å². The molecular weight excluding hydrogens is 174 g/mol. The first-order valence-electron chi connectivity index (χ1n) is 4.40. The van der Waals surface area contributed by atoms with E-state index in [9.17, 15) is 4.79 Å². The maximum absolute atomic E-state index is 10.5. The molecule has 1 fully saturated rings. The number of aliphatic carboxylic acids is 1. The molecule has 0 bridgehead atoms. The molecular formula is C8H15NO4. The predicted octanol–water partition coefficient (Wildman–Crippen LogP) is -0.406. The lowest BCUT2D eigenvalue weighted by atomic mass is 10.2. The van der Waals surface area contributed by atoms with Gasteiger partial charge in [-0.15, -0.1) is 0 Å². The average molecular weight is 189 g/mol. The molecule has 5 nitrogen and oxygen atoms in total. The molecule has 2 atom stereocenters. The maximum Gasteiger partial charge on any atom is 0.334 e. The fourth-order valence-corrected chi connectivity index (χ4v) is 1.24. The van der Waals surface area contributed by atoms with Gasteiger partial charge < -0.3 is 20.3 Å². The van der Waals surface area contributed by atoms with E-state index in [0.717, 1.165) is 19.4 Å². The number of nitrogens with two attached hydrogens (primary N) is 1. The summed E-state index contributed by atoms with van der Waals surface area (Å²) in [6, 6.07) is 0. The summed E-state index contributed by atoms with van der Waals surface area (Å²) < 4.78 is 10.4. The van der Waals surface area contributed by atoms with E-state index in [1.165, 1.54) is 0 Å². The Morgan fingerprint density at radius 3 is 3.00 bits per heavy atom. The first kappa shape index (κ1) is 10.4. The summed E-state index contributed by atoms with van der Waals surface area (Å²) in [6.45, 7) is 1.07. The van der Waals surface area contributed by atoms with Gasteiger partial charge in [0.15, 0.2) is 6.10 Å². The molecule has 0 radical (unpaired) electrons. The van der Waals surface area contributed by atoms with Crippen LogP contribution in [0.4, 0.5) is 0 Å². The van der Waals surface area contributed by atoms with Crippen LogP contribution in [0.25, 0.3) is 0 Å². The molecule has 0 aromatic carbocycles. The molecule has 2 unspecified atom stereocenters. The van der Waals surface area contributed by atoms with Gasteiger partial charge in [0.25, 0.3) is 0 Å². The van der Waals surface area contributed by atoms with Gasteiger partial charge in [0.2, 0.25) is 0 Å². The highest BCUT2D eigenvalue weighted by Crippen LogP contribution is 2.12. The maximum atomic E-state index is 10.5. The Bertz CT molecular complexity index is 168. The number of hydrogen-bond donors (Lipinski definition) is 2. The van der Waals surface area contributed by atoms with Gasteiger partial charge in [-0.3, -0.25) is 0 Å². The Morgan fingerprint density at radius 2 is 2.54 bits per heavy atom. The van der Waals surface area contributed by atoms with Gasteiger partial charge in [-0.05, 0) is 12.8 Å². The molecule has 0 saturated carbocycles. The molecule has 3 N–H and O–H groups in total. The predicted molar refractivity (Wildman–Crippen MR) is 45.4 cm³/mol. The molecule has 1 heterocycles. The molecule has 1 aliphatic rings. The van der Waals surface area contributed by atoms with Crippen LogP contribution < -0.4 is 5.73 Å². The van der Waals surface area contributed by atoms with Crippen LogP contribution in [0.15, 0.2) is 0 Å². The standard InChI is InChI=1S/C8H15NO4/c9-4-7(8(10)11)13-5-6-2-1-3-12-6/h6-7H,1-5,9H2,(H,10,11). The SMILES string of the molecule is NCC(OCC1CCCO1)C(=O)O. The van der Waals surface area contributed by atoms with Crippen LogP contribution in [-0.4, -0.2) is 43.0 Å². The zero-order valence-corrected chi connectivity index (χ0v) is 7.44. The van der Waals surface area contributed by atoms with Gasteiger partial charge >= 0.3 is 5.97 Å². The monoisotopic (exact) mass is 189 g/mol. The van der Waals surface area contributed by atoms with E-state index < -0.39 is 12.1 Å². The third-order valence-electron chi connectivity index (χ3n) is 2.00. The lowest BCUT2D eigenvalue weighted by Crippen LogP contribution is -2.34. The van der Waals surface area contributed by atoms with Crippen molar-refractivity contribution in [1.29, 1.82) is 0 Å². The Kier molecular flexibility index (Phi) is 4.14. The van der Waals surface area contributed by atoms with E-state index in [1.807, 2.05) is 0 Å². The molecule has 1 rings (SSSR count). The van der Waals surface area contributed by atoms with Crippen molar-refractivity contribution in [3.8, 4) is 0 Å². The van der Waals surface area contributed by atoms with E-state index in [1.54, 1.807) is 0 Å². The van der Waals surface area contributed by atoms with Crippen LogP contribution in [0.2, 0.25) is 0 Å². The second kappa shape index (κ2) is 5.16. The van der Waals surface area contributed by atoms with Crippen LogP contribution >= 0.6 is 0 Å². The van der Waals surface area contributed by atoms with Crippen molar-refractivity contribution in [2.75, 3.05) is 19.8 Å². The van der Waals surface area contributed by atoms with Crippen LogP contribution in [0.3, 0.4) is 0 Å². The van der Waals surface area contributed by atoms with Crippen LogP contribution in [-0.2, 0) is 14.3 Å². The van der Waals surface area contributed by atoms with Gasteiger partial charge in [-0.1, -0.05) is 0 Å². The van der Waals surface area contributed by atoms with Crippen LogP contribution in [0.1, 0.15) is 12.8 Å².